The first kappa shape index (κ1) is 25.6. The standard InChI is InChI=1S/C28H32N2O5/c1-6-33-25-17-23(30-28(32)21-11-9-8-10-12-21)26(34-7-2)16-22(25)29-27(31)20(5)35-24-15-18(3)13-14-19(24)4/h8-17,20H,6-7H2,1-5H3,(H,29,31)(H,30,32). The summed E-state index contributed by atoms with van der Waals surface area (Å²) in [7, 11) is 0. The van der Waals surface area contributed by atoms with Gasteiger partial charge in [0.05, 0.1) is 24.6 Å². The molecular formula is C28H32N2O5. The van der Waals surface area contributed by atoms with Crippen LogP contribution in [0.25, 0.3) is 0 Å². The van der Waals surface area contributed by atoms with Crippen LogP contribution in [0.15, 0.2) is 60.7 Å². The largest absolute Gasteiger partial charge is 0.492 e. The molecule has 0 aliphatic heterocycles. The van der Waals surface area contributed by atoms with Crippen molar-refractivity contribution in [3.05, 3.63) is 77.4 Å². The number of carbonyl (C=O) groups excluding carboxylic acids is 2. The Labute approximate surface area is 206 Å². The third-order valence-corrected chi connectivity index (χ3v) is 5.24. The summed E-state index contributed by atoms with van der Waals surface area (Å²) in [4.78, 5) is 25.7. The Hall–Kier alpha value is -4.00. The number of benzene rings is 3. The number of amides is 2. The second kappa shape index (κ2) is 11.9. The van der Waals surface area contributed by atoms with E-state index >= 15 is 0 Å². The first-order chi connectivity index (χ1) is 16.8. The van der Waals surface area contributed by atoms with Gasteiger partial charge >= 0.3 is 0 Å². The maximum Gasteiger partial charge on any atom is 0.265 e. The molecule has 0 bridgehead atoms. The van der Waals surface area contributed by atoms with E-state index in [1.807, 2.05) is 52.0 Å². The zero-order valence-electron chi connectivity index (χ0n) is 20.8. The molecular weight excluding hydrogens is 444 g/mol. The molecule has 2 amide bonds. The van der Waals surface area contributed by atoms with Crippen LogP contribution in [0.2, 0.25) is 0 Å². The van der Waals surface area contributed by atoms with E-state index < -0.39 is 6.10 Å². The summed E-state index contributed by atoms with van der Waals surface area (Å²) in [6.45, 7) is 10.0. The highest BCUT2D eigenvalue weighted by Gasteiger charge is 2.21. The summed E-state index contributed by atoms with van der Waals surface area (Å²) in [6, 6.07) is 18.1. The molecule has 1 unspecified atom stereocenters. The van der Waals surface area contributed by atoms with Gasteiger partial charge in [0.15, 0.2) is 6.10 Å². The zero-order chi connectivity index (χ0) is 25.4. The zero-order valence-corrected chi connectivity index (χ0v) is 20.8. The first-order valence-electron chi connectivity index (χ1n) is 11.7. The summed E-state index contributed by atoms with van der Waals surface area (Å²) >= 11 is 0. The van der Waals surface area contributed by atoms with Gasteiger partial charge in [-0.25, -0.2) is 0 Å². The molecule has 35 heavy (non-hydrogen) atoms. The van der Waals surface area contributed by atoms with E-state index in [1.54, 1.807) is 43.3 Å². The van der Waals surface area contributed by atoms with Crippen molar-refractivity contribution in [3.63, 3.8) is 0 Å². The van der Waals surface area contributed by atoms with Crippen LogP contribution in [-0.2, 0) is 4.79 Å². The molecule has 7 heteroatoms. The Balaban J connectivity index is 1.85. The minimum atomic E-state index is -0.752. The molecule has 0 saturated carbocycles. The lowest BCUT2D eigenvalue weighted by molar-refractivity contribution is -0.122. The lowest BCUT2D eigenvalue weighted by atomic mass is 10.1. The van der Waals surface area contributed by atoms with Gasteiger partial charge in [0.2, 0.25) is 0 Å². The number of ether oxygens (including phenoxy) is 3. The van der Waals surface area contributed by atoms with Crippen LogP contribution in [0, 0.1) is 13.8 Å². The second-order valence-corrected chi connectivity index (χ2v) is 8.05. The molecule has 184 valence electrons. The minimum absolute atomic E-state index is 0.277. The van der Waals surface area contributed by atoms with Crippen molar-refractivity contribution >= 4 is 23.2 Å². The smallest absolute Gasteiger partial charge is 0.265 e. The Morgan fingerprint density at radius 3 is 2.00 bits per heavy atom. The van der Waals surface area contributed by atoms with Gasteiger partial charge in [-0.05, 0) is 63.9 Å². The van der Waals surface area contributed by atoms with Crippen LogP contribution < -0.4 is 24.8 Å². The van der Waals surface area contributed by atoms with Crippen molar-refractivity contribution in [2.75, 3.05) is 23.8 Å². The van der Waals surface area contributed by atoms with Crippen molar-refractivity contribution in [1.29, 1.82) is 0 Å². The highest BCUT2D eigenvalue weighted by atomic mass is 16.5. The molecule has 0 aliphatic carbocycles. The molecule has 3 aromatic rings. The molecule has 3 rings (SSSR count). The second-order valence-electron chi connectivity index (χ2n) is 8.05. The predicted molar refractivity (Wildman–Crippen MR) is 138 cm³/mol. The Morgan fingerprint density at radius 2 is 1.40 bits per heavy atom. The van der Waals surface area contributed by atoms with Gasteiger partial charge < -0.3 is 24.8 Å². The summed E-state index contributed by atoms with van der Waals surface area (Å²) in [5.41, 5.74) is 3.38. The predicted octanol–water partition coefficient (Wildman–Crippen LogP) is 5.76. The first-order valence-corrected chi connectivity index (χ1v) is 11.7. The highest BCUT2D eigenvalue weighted by molar-refractivity contribution is 6.05. The van der Waals surface area contributed by atoms with E-state index in [1.165, 1.54) is 0 Å². The summed E-state index contributed by atoms with van der Waals surface area (Å²) in [6.07, 6.45) is -0.752. The molecule has 7 nitrogen and oxygen atoms in total. The Kier molecular flexibility index (Phi) is 8.73. The number of rotatable bonds is 10. The molecule has 0 aliphatic rings. The Bertz CT molecular complexity index is 1180. The average Bonchev–Trinajstić information content (AvgIpc) is 2.84. The van der Waals surface area contributed by atoms with Gasteiger partial charge in [-0.3, -0.25) is 9.59 Å². The summed E-state index contributed by atoms with van der Waals surface area (Å²) < 4.78 is 17.5. The van der Waals surface area contributed by atoms with Gasteiger partial charge in [-0.2, -0.15) is 0 Å². The van der Waals surface area contributed by atoms with E-state index in [0.717, 1.165) is 11.1 Å². The summed E-state index contributed by atoms with van der Waals surface area (Å²) in [5, 5.41) is 5.76. The van der Waals surface area contributed by atoms with Crippen molar-refractivity contribution in [1.82, 2.24) is 0 Å². The fourth-order valence-corrected chi connectivity index (χ4v) is 3.40. The third-order valence-electron chi connectivity index (χ3n) is 5.24. The summed E-state index contributed by atoms with van der Waals surface area (Å²) in [5.74, 6) is 0.869. The van der Waals surface area contributed by atoms with Crippen molar-refractivity contribution in [2.45, 2.75) is 40.7 Å². The highest BCUT2D eigenvalue weighted by Crippen LogP contribution is 2.37. The molecule has 0 heterocycles. The maximum absolute atomic E-state index is 13.0. The van der Waals surface area contributed by atoms with E-state index in [2.05, 4.69) is 10.6 Å². The van der Waals surface area contributed by atoms with Crippen molar-refractivity contribution in [3.8, 4) is 17.2 Å². The number of hydrogen-bond donors (Lipinski definition) is 2. The lowest BCUT2D eigenvalue weighted by Gasteiger charge is -2.20. The van der Waals surface area contributed by atoms with Crippen LogP contribution in [-0.4, -0.2) is 31.1 Å². The lowest BCUT2D eigenvalue weighted by Crippen LogP contribution is -2.30. The van der Waals surface area contributed by atoms with E-state index in [-0.39, 0.29) is 11.8 Å². The Morgan fingerprint density at radius 1 is 0.800 bits per heavy atom. The van der Waals surface area contributed by atoms with E-state index in [4.69, 9.17) is 14.2 Å². The van der Waals surface area contributed by atoms with Gasteiger partial charge in [0.1, 0.15) is 17.2 Å². The average molecular weight is 477 g/mol. The molecule has 0 saturated heterocycles. The van der Waals surface area contributed by atoms with Gasteiger partial charge in [0, 0.05) is 17.7 Å². The van der Waals surface area contributed by atoms with Crippen LogP contribution in [0.4, 0.5) is 11.4 Å². The normalized spacial score (nSPS) is 11.3. The number of anilines is 2. The number of hydrogen-bond acceptors (Lipinski definition) is 5. The van der Waals surface area contributed by atoms with Gasteiger partial charge in [-0.15, -0.1) is 0 Å². The number of nitrogens with one attached hydrogen (secondary N) is 2. The monoisotopic (exact) mass is 476 g/mol. The fourth-order valence-electron chi connectivity index (χ4n) is 3.40. The number of aryl methyl sites for hydroxylation is 2. The molecule has 0 radical (unpaired) electrons. The SMILES string of the molecule is CCOc1cc(NC(=O)C(C)Oc2cc(C)ccc2C)c(OCC)cc1NC(=O)c1ccccc1. The van der Waals surface area contributed by atoms with Crippen molar-refractivity contribution in [2.24, 2.45) is 0 Å². The van der Waals surface area contributed by atoms with Crippen molar-refractivity contribution < 1.29 is 23.8 Å². The maximum atomic E-state index is 13.0. The van der Waals surface area contributed by atoms with Gasteiger partial charge in [-0.1, -0.05) is 30.3 Å². The number of carbonyl (C=O) groups is 2. The van der Waals surface area contributed by atoms with Crippen LogP contribution in [0.3, 0.4) is 0 Å². The van der Waals surface area contributed by atoms with Gasteiger partial charge in [0.25, 0.3) is 11.8 Å². The van der Waals surface area contributed by atoms with E-state index in [9.17, 15) is 9.59 Å². The molecule has 2 N–H and O–H groups in total. The molecule has 0 fully saturated rings. The topological polar surface area (TPSA) is 85.9 Å². The fraction of sp³-hybridized carbons (Fsp3) is 0.286. The molecule has 1 atom stereocenters. The minimum Gasteiger partial charge on any atom is -0.492 e. The molecule has 3 aromatic carbocycles. The van der Waals surface area contributed by atoms with Crippen LogP contribution in [0.5, 0.6) is 17.2 Å². The molecule has 0 aromatic heterocycles. The van der Waals surface area contributed by atoms with E-state index in [0.29, 0.717) is 47.4 Å². The molecule has 0 spiro atoms. The third kappa shape index (κ3) is 6.76. The van der Waals surface area contributed by atoms with Crippen LogP contribution >= 0.6 is 0 Å². The quantitative estimate of drug-likeness (QED) is 0.389. The van der Waals surface area contributed by atoms with Crippen LogP contribution in [0.1, 0.15) is 42.3 Å².